The molecule has 1 amide bonds. The van der Waals surface area contributed by atoms with Crippen LogP contribution < -0.4 is 10.9 Å². The quantitative estimate of drug-likeness (QED) is 0.720. The number of ketones is 1. The smallest absolute Gasteiger partial charge is 0.276 e. The van der Waals surface area contributed by atoms with E-state index in [1.165, 1.54) is 23.7 Å². The summed E-state index contributed by atoms with van der Waals surface area (Å²) in [6.07, 6.45) is 0. The lowest BCUT2D eigenvalue weighted by Crippen LogP contribution is -2.26. The van der Waals surface area contributed by atoms with Crippen LogP contribution in [0.2, 0.25) is 0 Å². The third-order valence-electron chi connectivity index (χ3n) is 3.80. The Balaban J connectivity index is 1.82. The molecule has 0 atom stereocenters. The highest BCUT2D eigenvalue weighted by atomic mass is 16.2. The van der Waals surface area contributed by atoms with Gasteiger partial charge in [0.2, 0.25) is 0 Å². The molecule has 26 heavy (non-hydrogen) atoms. The molecular formula is C20H17N3O3. The summed E-state index contributed by atoms with van der Waals surface area (Å²) in [5, 5.41) is 6.84. The predicted octanol–water partition coefficient (Wildman–Crippen LogP) is 2.75. The molecule has 3 aromatic rings. The average Bonchev–Trinajstić information content (AvgIpc) is 2.64. The number of carbonyl (C=O) groups is 2. The van der Waals surface area contributed by atoms with E-state index >= 15 is 0 Å². The molecule has 0 aliphatic rings. The van der Waals surface area contributed by atoms with Crippen molar-refractivity contribution >= 4 is 17.4 Å². The molecule has 2 aromatic carbocycles. The Morgan fingerprint density at radius 2 is 1.77 bits per heavy atom. The van der Waals surface area contributed by atoms with Gasteiger partial charge >= 0.3 is 0 Å². The molecule has 0 aliphatic heterocycles. The molecule has 0 saturated heterocycles. The second-order valence-electron chi connectivity index (χ2n) is 5.79. The van der Waals surface area contributed by atoms with Crippen molar-refractivity contribution in [2.24, 2.45) is 0 Å². The standard InChI is InChI=1S/C20H17N3O3/c1-14(24)16-8-5-9-17(12-16)21-20(26)18-10-11-19(25)23(22-18)13-15-6-3-2-4-7-15/h2-12H,13H2,1H3,(H,21,26). The van der Waals surface area contributed by atoms with Gasteiger partial charge in [-0.1, -0.05) is 42.5 Å². The number of rotatable bonds is 5. The lowest BCUT2D eigenvalue weighted by atomic mass is 10.1. The number of hydrogen-bond acceptors (Lipinski definition) is 4. The van der Waals surface area contributed by atoms with Crippen molar-refractivity contribution < 1.29 is 9.59 Å². The van der Waals surface area contributed by atoms with E-state index in [0.717, 1.165) is 5.56 Å². The zero-order chi connectivity index (χ0) is 18.5. The first-order valence-electron chi connectivity index (χ1n) is 8.07. The number of Topliss-reactive ketones (excluding diaryl/α,β-unsaturated/α-hetero) is 1. The Labute approximate surface area is 150 Å². The molecule has 0 aliphatic carbocycles. The number of carbonyl (C=O) groups excluding carboxylic acids is 2. The van der Waals surface area contributed by atoms with Crippen LogP contribution in [0.5, 0.6) is 0 Å². The Morgan fingerprint density at radius 1 is 1.00 bits per heavy atom. The molecule has 0 spiro atoms. The third kappa shape index (κ3) is 4.10. The lowest BCUT2D eigenvalue weighted by Gasteiger charge is -2.08. The molecule has 0 radical (unpaired) electrons. The van der Waals surface area contributed by atoms with Gasteiger partial charge in [0, 0.05) is 17.3 Å². The van der Waals surface area contributed by atoms with Crippen LogP contribution in [0.1, 0.15) is 33.3 Å². The number of aromatic nitrogens is 2. The number of nitrogens with zero attached hydrogens (tertiary/aromatic N) is 2. The molecule has 1 N–H and O–H groups in total. The minimum Gasteiger partial charge on any atom is -0.321 e. The summed E-state index contributed by atoms with van der Waals surface area (Å²) >= 11 is 0. The number of nitrogens with one attached hydrogen (secondary N) is 1. The minimum absolute atomic E-state index is 0.0874. The fraction of sp³-hybridized carbons (Fsp3) is 0.100. The maximum absolute atomic E-state index is 12.4. The van der Waals surface area contributed by atoms with Crippen molar-refractivity contribution in [1.29, 1.82) is 0 Å². The zero-order valence-electron chi connectivity index (χ0n) is 14.2. The first-order valence-corrected chi connectivity index (χ1v) is 8.07. The molecule has 6 heteroatoms. The molecule has 0 saturated carbocycles. The minimum atomic E-state index is -0.451. The van der Waals surface area contributed by atoms with Gasteiger partial charge in [-0.15, -0.1) is 0 Å². The molecule has 0 bridgehead atoms. The second-order valence-corrected chi connectivity index (χ2v) is 5.79. The highest BCUT2D eigenvalue weighted by Crippen LogP contribution is 2.12. The van der Waals surface area contributed by atoms with Gasteiger partial charge in [0.05, 0.1) is 6.54 Å². The third-order valence-corrected chi connectivity index (χ3v) is 3.80. The van der Waals surface area contributed by atoms with E-state index in [0.29, 0.717) is 11.3 Å². The summed E-state index contributed by atoms with van der Waals surface area (Å²) < 4.78 is 1.25. The van der Waals surface area contributed by atoms with E-state index < -0.39 is 5.91 Å². The van der Waals surface area contributed by atoms with Gasteiger partial charge in [0.1, 0.15) is 5.69 Å². The molecule has 0 unspecified atom stereocenters. The Bertz CT molecular complexity index is 1010. The fourth-order valence-corrected chi connectivity index (χ4v) is 2.45. The Kier molecular flexibility index (Phi) is 5.03. The summed E-state index contributed by atoms with van der Waals surface area (Å²) in [5.74, 6) is -0.539. The second kappa shape index (κ2) is 7.57. The molecule has 6 nitrogen and oxygen atoms in total. The molecule has 1 heterocycles. The van der Waals surface area contributed by atoms with E-state index in [1.54, 1.807) is 24.3 Å². The van der Waals surface area contributed by atoms with Crippen molar-refractivity contribution in [1.82, 2.24) is 9.78 Å². The molecule has 0 fully saturated rings. The predicted molar refractivity (Wildman–Crippen MR) is 98.4 cm³/mol. The van der Waals surface area contributed by atoms with Gasteiger partial charge in [-0.25, -0.2) is 4.68 Å². The van der Waals surface area contributed by atoms with E-state index in [-0.39, 0.29) is 23.6 Å². The van der Waals surface area contributed by atoms with Crippen molar-refractivity contribution in [3.63, 3.8) is 0 Å². The normalized spacial score (nSPS) is 10.3. The van der Waals surface area contributed by atoms with Gasteiger partial charge in [-0.3, -0.25) is 14.4 Å². The molecule has 1 aromatic heterocycles. The first-order chi connectivity index (χ1) is 12.5. The van der Waals surface area contributed by atoms with Gasteiger partial charge in [-0.2, -0.15) is 5.10 Å². The van der Waals surface area contributed by atoms with Crippen LogP contribution in [-0.2, 0) is 6.54 Å². The van der Waals surface area contributed by atoms with E-state index in [1.807, 2.05) is 30.3 Å². The van der Waals surface area contributed by atoms with Crippen LogP contribution in [0.3, 0.4) is 0 Å². The van der Waals surface area contributed by atoms with E-state index in [2.05, 4.69) is 10.4 Å². The zero-order valence-corrected chi connectivity index (χ0v) is 14.2. The number of hydrogen-bond donors (Lipinski definition) is 1. The van der Waals surface area contributed by atoms with Gasteiger partial charge in [0.25, 0.3) is 11.5 Å². The average molecular weight is 347 g/mol. The first kappa shape index (κ1) is 17.3. The monoisotopic (exact) mass is 347 g/mol. The Hall–Kier alpha value is -3.54. The number of benzene rings is 2. The van der Waals surface area contributed by atoms with Crippen molar-refractivity contribution in [3.8, 4) is 0 Å². The number of anilines is 1. The maximum Gasteiger partial charge on any atom is 0.276 e. The van der Waals surface area contributed by atoms with Crippen molar-refractivity contribution in [2.75, 3.05) is 5.32 Å². The van der Waals surface area contributed by atoms with Crippen LogP contribution in [0, 0.1) is 0 Å². The van der Waals surface area contributed by atoms with Crippen LogP contribution in [0.4, 0.5) is 5.69 Å². The van der Waals surface area contributed by atoms with Gasteiger partial charge in [-0.05, 0) is 30.7 Å². The molecule has 3 rings (SSSR count). The largest absolute Gasteiger partial charge is 0.321 e. The SMILES string of the molecule is CC(=O)c1cccc(NC(=O)c2ccc(=O)n(Cc3ccccc3)n2)c1. The van der Waals surface area contributed by atoms with Gasteiger partial charge < -0.3 is 5.32 Å². The van der Waals surface area contributed by atoms with Crippen LogP contribution >= 0.6 is 0 Å². The van der Waals surface area contributed by atoms with Crippen LogP contribution in [-0.4, -0.2) is 21.5 Å². The summed E-state index contributed by atoms with van der Waals surface area (Å²) in [4.78, 5) is 35.9. The topological polar surface area (TPSA) is 81.1 Å². The van der Waals surface area contributed by atoms with Crippen molar-refractivity contribution in [2.45, 2.75) is 13.5 Å². The summed E-state index contributed by atoms with van der Waals surface area (Å²) in [6, 6.07) is 18.8. The molecule has 130 valence electrons. The summed E-state index contributed by atoms with van der Waals surface area (Å²) in [5.41, 5.74) is 1.74. The van der Waals surface area contributed by atoms with E-state index in [9.17, 15) is 14.4 Å². The van der Waals surface area contributed by atoms with Gasteiger partial charge in [0.15, 0.2) is 5.78 Å². The Morgan fingerprint density at radius 3 is 2.50 bits per heavy atom. The van der Waals surface area contributed by atoms with E-state index in [4.69, 9.17) is 0 Å². The number of amides is 1. The highest BCUT2D eigenvalue weighted by molar-refractivity contribution is 6.03. The fourth-order valence-electron chi connectivity index (χ4n) is 2.45. The summed E-state index contributed by atoms with van der Waals surface area (Å²) in [7, 11) is 0. The lowest BCUT2D eigenvalue weighted by molar-refractivity contribution is 0.100. The van der Waals surface area contributed by atoms with Crippen molar-refractivity contribution in [3.05, 3.63) is 93.9 Å². The summed E-state index contributed by atoms with van der Waals surface area (Å²) in [6.45, 7) is 1.74. The highest BCUT2D eigenvalue weighted by Gasteiger charge is 2.11. The molecular weight excluding hydrogens is 330 g/mol. The van der Waals surface area contributed by atoms with Crippen LogP contribution in [0.25, 0.3) is 0 Å². The maximum atomic E-state index is 12.4. The van der Waals surface area contributed by atoms with Crippen LogP contribution in [0.15, 0.2) is 71.5 Å².